The molecule has 1 heterocycles. The fourth-order valence-electron chi connectivity index (χ4n) is 2.94. The Bertz CT molecular complexity index is 1580. The van der Waals surface area contributed by atoms with E-state index in [4.69, 9.17) is 37.9 Å². The van der Waals surface area contributed by atoms with Crippen LogP contribution in [0.2, 0.25) is 0 Å². The molecule has 0 fully saturated rings. The number of hydrogen-bond donors (Lipinski definition) is 8. The molecule has 0 amide bonds. The number of nitrogens with one attached hydrogen (secondary N) is 1. The van der Waals surface area contributed by atoms with Gasteiger partial charge in [0.1, 0.15) is 0 Å². The van der Waals surface area contributed by atoms with Crippen LogP contribution < -0.4 is 17.2 Å². The predicted octanol–water partition coefficient (Wildman–Crippen LogP) is 1.12. The van der Waals surface area contributed by atoms with Crippen molar-refractivity contribution in [3.63, 3.8) is 0 Å². The highest BCUT2D eigenvalue weighted by atomic mass is 32.2. The number of fused-ring (bicyclic) bond motifs is 1. The topological polar surface area (TPSA) is 259 Å². The maximum atomic E-state index is 11.2. The minimum absolute atomic E-state index is 0.00352. The Hall–Kier alpha value is -5.15. The molecule has 4 rings (SSSR count). The van der Waals surface area contributed by atoms with Gasteiger partial charge in [-0.3, -0.25) is 5.10 Å². The Labute approximate surface area is 223 Å². The zero-order chi connectivity index (χ0) is 29.0. The molecule has 11 N–H and O–H groups in total. The Morgan fingerprint density at radius 2 is 1.36 bits per heavy atom. The van der Waals surface area contributed by atoms with Gasteiger partial charge >= 0.3 is 0 Å². The fraction of sp³-hybridized carbons (Fsp3) is 0.0833. The number of benzene rings is 3. The van der Waals surface area contributed by atoms with Crippen LogP contribution in [-0.4, -0.2) is 63.1 Å². The summed E-state index contributed by atoms with van der Waals surface area (Å²) >= 11 is 0. The minimum Gasteiger partial charge on any atom is -0.409 e. The van der Waals surface area contributed by atoms with E-state index in [0.717, 1.165) is 22.7 Å². The molecular formula is C24H28N8O6S. The third-order valence-corrected chi connectivity index (χ3v) is 6.16. The van der Waals surface area contributed by atoms with Crippen molar-refractivity contribution in [3.05, 3.63) is 95.2 Å². The zero-order valence-corrected chi connectivity index (χ0v) is 21.5. The van der Waals surface area contributed by atoms with Crippen LogP contribution in [0.1, 0.15) is 22.3 Å². The maximum Gasteiger partial charge on any atom is 0.175 e. The van der Waals surface area contributed by atoms with Gasteiger partial charge in [-0.1, -0.05) is 51.9 Å². The van der Waals surface area contributed by atoms with E-state index >= 15 is 0 Å². The number of aromatic amines is 1. The van der Waals surface area contributed by atoms with Crippen molar-refractivity contribution in [2.24, 2.45) is 32.7 Å². The maximum absolute atomic E-state index is 11.2. The van der Waals surface area contributed by atoms with Crippen LogP contribution in [0.5, 0.6) is 0 Å². The van der Waals surface area contributed by atoms with Gasteiger partial charge in [-0.15, -0.1) is 0 Å². The molecule has 0 aliphatic rings. The minimum atomic E-state index is -3.26. The SMILES string of the molecule is CS(=O)(=O)c1cccc(C(N)=NO)c1.NC(=NO)c1ccc(CO)cc1.NC(=NO)c1ccc2[nH]ncc2c1. The van der Waals surface area contributed by atoms with Gasteiger partial charge < -0.3 is 37.9 Å². The van der Waals surface area contributed by atoms with E-state index in [1.165, 1.54) is 18.2 Å². The average Bonchev–Trinajstić information content (AvgIpc) is 3.44. The van der Waals surface area contributed by atoms with Gasteiger partial charge in [0.05, 0.1) is 23.2 Å². The average molecular weight is 557 g/mol. The molecule has 4 aromatic rings. The lowest BCUT2D eigenvalue weighted by atomic mass is 10.1. The van der Waals surface area contributed by atoms with Crippen molar-refractivity contribution in [2.45, 2.75) is 11.5 Å². The first-order chi connectivity index (χ1) is 18.5. The van der Waals surface area contributed by atoms with Crippen LogP contribution in [0.25, 0.3) is 10.9 Å². The Kier molecular flexibility index (Phi) is 10.8. The molecule has 0 unspecified atom stereocenters. The molecule has 39 heavy (non-hydrogen) atoms. The summed E-state index contributed by atoms with van der Waals surface area (Å²) in [5.41, 5.74) is 19.5. The third kappa shape index (κ3) is 8.73. The first-order valence-corrected chi connectivity index (χ1v) is 12.8. The molecule has 0 aliphatic heterocycles. The smallest absolute Gasteiger partial charge is 0.175 e. The highest BCUT2D eigenvalue weighted by molar-refractivity contribution is 7.90. The second-order valence-electron chi connectivity index (χ2n) is 7.78. The van der Waals surface area contributed by atoms with Crippen molar-refractivity contribution in [3.8, 4) is 0 Å². The van der Waals surface area contributed by atoms with Gasteiger partial charge in [-0.2, -0.15) is 5.10 Å². The number of H-pyrrole nitrogens is 1. The van der Waals surface area contributed by atoms with Gasteiger partial charge in [-0.05, 0) is 35.9 Å². The monoisotopic (exact) mass is 556 g/mol. The standard InChI is InChI=1S/C8H8N4O.C8H10N2O3S.C8H10N2O2/c9-8(12-13)5-1-2-7-6(3-5)4-10-11-7;1-14(12,13)7-4-2-3-6(5-7)8(9)10-11;9-8(10-12)7-3-1-6(5-11)2-4-7/h1-4,13H,(H2,9,12)(H,10,11);2-5,11H,1H3,(H2,9,10);1-4,11-12H,5H2,(H2,9,10). The fourth-order valence-corrected chi connectivity index (χ4v) is 3.61. The molecule has 0 aliphatic carbocycles. The number of oxime groups is 3. The van der Waals surface area contributed by atoms with E-state index in [-0.39, 0.29) is 29.0 Å². The van der Waals surface area contributed by atoms with Gasteiger partial charge in [0.15, 0.2) is 27.3 Å². The lowest BCUT2D eigenvalue weighted by Crippen LogP contribution is -2.13. The van der Waals surface area contributed by atoms with E-state index in [2.05, 4.69) is 25.7 Å². The second kappa shape index (κ2) is 14.0. The number of aromatic nitrogens is 2. The third-order valence-electron chi connectivity index (χ3n) is 5.05. The Morgan fingerprint density at radius 3 is 1.90 bits per heavy atom. The number of sulfone groups is 1. The van der Waals surface area contributed by atoms with Gasteiger partial charge in [0, 0.05) is 28.3 Å². The van der Waals surface area contributed by atoms with E-state index in [0.29, 0.717) is 16.7 Å². The van der Waals surface area contributed by atoms with Crippen LogP contribution in [0.15, 0.2) is 93.3 Å². The quantitative estimate of drug-likeness (QED) is 0.0751. The molecule has 1 aromatic heterocycles. The molecule has 0 spiro atoms. The Morgan fingerprint density at radius 1 is 0.821 bits per heavy atom. The van der Waals surface area contributed by atoms with Crippen LogP contribution in [0.4, 0.5) is 0 Å². The summed E-state index contributed by atoms with van der Waals surface area (Å²) in [6.07, 6.45) is 2.78. The molecule has 0 atom stereocenters. The van der Waals surface area contributed by atoms with Crippen LogP contribution in [0, 0.1) is 0 Å². The van der Waals surface area contributed by atoms with Crippen molar-refractivity contribution in [1.29, 1.82) is 0 Å². The van der Waals surface area contributed by atoms with Crippen molar-refractivity contribution in [1.82, 2.24) is 10.2 Å². The Balaban J connectivity index is 0.000000206. The van der Waals surface area contributed by atoms with E-state index in [1.54, 1.807) is 48.7 Å². The summed E-state index contributed by atoms with van der Waals surface area (Å²) in [6.45, 7) is -0.00352. The zero-order valence-electron chi connectivity index (χ0n) is 20.7. The summed E-state index contributed by atoms with van der Waals surface area (Å²) in [6, 6.07) is 18.1. The second-order valence-corrected chi connectivity index (χ2v) is 9.80. The number of amidine groups is 3. The van der Waals surface area contributed by atoms with Gasteiger partial charge in [-0.25, -0.2) is 8.42 Å². The summed E-state index contributed by atoms with van der Waals surface area (Å²) in [5.74, 6) is 0.0538. The van der Waals surface area contributed by atoms with E-state index < -0.39 is 9.84 Å². The first-order valence-electron chi connectivity index (χ1n) is 10.9. The molecular weight excluding hydrogens is 528 g/mol. The van der Waals surface area contributed by atoms with E-state index in [1.807, 2.05) is 6.07 Å². The summed E-state index contributed by atoms with van der Waals surface area (Å²) in [4.78, 5) is 0.140. The molecule has 15 heteroatoms. The normalized spacial score (nSPS) is 12.2. The first kappa shape index (κ1) is 30.1. The number of hydrogen-bond acceptors (Lipinski definition) is 10. The lowest BCUT2D eigenvalue weighted by molar-refractivity contribution is 0.282. The van der Waals surface area contributed by atoms with Crippen LogP contribution in [0.3, 0.4) is 0 Å². The highest BCUT2D eigenvalue weighted by Gasteiger charge is 2.08. The molecule has 0 saturated carbocycles. The van der Waals surface area contributed by atoms with Gasteiger partial charge in [0.25, 0.3) is 0 Å². The summed E-state index contributed by atoms with van der Waals surface area (Å²) < 4.78 is 22.3. The molecule has 3 aromatic carbocycles. The van der Waals surface area contributed by atoms with Crippen LogP contribution in [-0.2, 0) is 16.4 Å². The molecule has 0 bridgehead atoms. The van der Waals surface area contributed by atoms with E-state index in [9.17, 15) is 8.42 Å². The largest absolute Gasteiger partial charge is 0.409 e. The number of aliphatic hydroxyl groups is 1. The van der Waals surface area contributed by atoms with Crippen molar-refractivity contribution in [2.75, 3.05) is 6.26 Å². The van der Waals surface area contributed by atoms with Crippen LogP contribution >= 0.6 is 0 Å². The number of rotatable bonds is 5. The summed E-state index contributed by atoms with van der Waals surface area (Å²) in [5, 5.41) is 50.0. The molecule has 206 valence electrons. The molecule has 0 saturated heterocycles. The van der Waals surface area contributed by atoms with Crippen molar-refractivity contribution >= 4 is 38.2 Å². The predicted molar refractivity (Wildman–Crippen MR) is 146 cm³/mol. The van der Waals surface area contributed by atoms with Crippen molar-refractivity contribution < 1.29 is 29.1 Å². The molecule has 0 radical (unpaired) electrons. The number of nitrogens with zero attached hydrogens (tertiary/aromatic N) is 4. The van der Waals surface area contributed by atoms with Gasteiger partial charge in [0.2, 0.25) is 0 Å². The molecule has 14 nitrogen and oxygen atoms in total. The summed E-state index contributed by atoms with van der Waals surface area (Å²) in [7, 11) is -3.26. The number of aliphatic hydroxyl groups excluding tert-OH is 1. The number of nitrogens with two attached hydrogens (primary N) is 3. The highest BCUT2D eigenvalue weighted by Crippen LogP contribution is 2.12. The lowest BCUT2D eigenvalue weighted by Gasteiger charge is -2.01.